The molecule has 6 heteroatoms. The Morgan fingerprint density at radius 3 is 2.33 bits per heavy atom. The molecule has 0 spiro atoms. The minimum absolute atomic E-state index is 0.0397. The van der Waals surface area contributed by atoms with Gasteiger partial charge in [-0.1, -0.05) is 42.8 Å². The second-order valence-corrected chi connectivity index (χ2v) is 7.00. The van der Waals surface area contributed by atoms with Crippen molar-refractivity contribution in [2.45, 2.75) is 26.2 Å². The first-order valence-corrected chi connectivity index (χ1v) is 9.25. The molecule has 0 fully saturated rings. The smallest absolute Gasteiger partial charge is 0.341 e. The summed E-state index contributed by atoms with van der Waals surface area (Å²) in [6.07, 6.45) is 2.02. The van der Waals surface area contributed by atoms with Gasteiger partial charge in [-0.25, -0.2) is 4.79 Å². The Morgan fingerprint density at radius 2 is 1.70 bits per heavy atom. The van der Waals surface area contributed by atoms with Gasteiger partial charge in [0.1, 0.15) is 5.75 Å². The first-order chi connectivity index (χ1) is 12.9. The van der Waals surface area contributed by atoms with Crippen molar-refractivity contribution in [2.24, 2.45) is 5.92 Å². The van der Waals surface area contributed by atoms with Crippen LogP contribution in [0, 0.1) is 5.92 Å². The summed E-state index contributed by atoms with van der Waals surface area (Å²) < 4.78 is 5.09. The number of ether oxygens (including phenoxy) is 1. The molecule has 2 N–H and O–H groups in total. The molecule has 1 amide bonds. The van der Waals surface area contributed by atoms with Crippen molar-refractivity contribution >= 4 is 23.5 Å². The lowest BCUT2D eigenvalue weighted by atomic mass is 9.98. The van der Waals surface area contributed by atoms with Crippen LogP contribution in [0.5, 0.6) is 5.75 Å². The van der Waals surface area contributed by atoms with E-state index in [0.29, 0.717) is 30.2 Å². The van der Waals surface area contributed by atoms with Crippen molar-refractivity contribution in [3.63, 3.8) is 0 Å². The zero-order chi connectivity index (χ0) is 19.6. The third-order valence-electron chi connectivity index (χ3n) is 4.05. The van der Waals surface area contributed by atoms with E-state index >= 15 is 0 Å². The van der Waals surface area contributed by atoms with Gasteiger partial charge in [-0.3, -0.25) is 4.79 Å². The second-order valence-electron chi connectivity index (χ2n) is 6.57. The van der Waals surface area contributed by atoms with E-state index in [1.807, 2.05) is 36.4 Å². The van der Waals surface area contributed by atoms with Gasteiger partial charge in [0.15, 0.2) is 6.61 Å². The number of hydrogen-bond acceptors (Lipinski definition) is 3. The minimum Gasteiger partial charge on any atom is -0.482 e. The van der Waals surface area contributed by atoms with E-state index in [1.165, 1.54) is 5.56 Å². The molecule has 1 atom stereocenters. The van der Waals surface area contributed by atoms with Crippen molar-refractivity contribution in [1.82, 2.24) is 5.32 Å². The Morgan fingerprint density at radius 1 is 1.07 bits per heavy atom. The van der Waals surface area contributed by atoms with E-state index in [4.69, 9.17) is 21.4 Å². The van der Waals surface area contributed by atoms with Gasteiger partial charge in [-0.15, -0.1) is 0 Å². The number of carboxylic acid groups (broad SMARTS) is 1. The van der Waals surface area contributed by atoms with Crippen LogP contribution in [0.3, 0.4) is 0 Å². The Labute approximate surface area is 164 Å². The molecule has 144 valence electrons. The fourth-order valence-electron chi connectivity index (χ4n) is 2.73. The molecule has 0 aliphatic carbocycles. The van der Waals surface area contributed by atoms with Crippen molar-refractivity contribution in [3.8, 4) is 5.75 Å². The molecule has 0 heterocycles. The van der Waals surface area contributed by atoms with Crippen LogP contribution < -0.4 is 10.1 Å². The van der Waals surface area contributed by atoms with Gasteiger partial charge in [0, 0.05) is 18.0 Å². The zero-order valence-corrected chi connectivity index (χ0v) is 16.0. The van der Waals surface area contributed by atoms with Gasteiger partial charge in [0.05, 0.1) is 0 Å². The highest BCUT2D eigenvalue weighted by Crippen LogP contribution is 2.15. The number of carbonyl (C=O) groups excluding carboxylic acids is 1. The van der Waals surface area contributed by atoms with E-state index in [-0.39, 0.29) is 18.4 Å². The van der Waals surface area contributed by atoms with E-state index in [9.17, 15) is 9.59 Å². The molecule has 0 bridgehead atoms. The number of hydrogen-bond donors (Lipinski definition) is 2. The molecule has 5 nitrogen and oxygen atoms in total. The van der Waals surface area contributed by atoms with Crippen LogP contribution >= 0.6 is 11.6 Å². The molecule has 0 saturated heterocycles. The molecular weight excluding hydrogens is 366 g/mol. The number of carboxylic acids is 1. The standard InChI is InChI=1S/C21H24ClNO4/c1-15(12-17-2-6-18(22)7-3-17)13-20(24)23-11-10-16-4-8-19(9-5-16)27-14-21(25)26/h2-9,15H,10-14H2,1H3,(H,23,24)(H,25,26). The maximum absolute atomic E-state index is 12.1. The van der Waals surface area contributed by atoms with Crippen LogP contribution in [-0.2, 0) is 22.4 Å². The van der Waals surface area contributed by atoms with Crippen LogP contribution in [0.15, 0.2) is 48.5 Å². The molecule has 2 rings (SSSR count). The Hall–Kier alpha value is -2.53. The van der Waals surface area contributed by atoms with Crippen molar-refractivity contribution in [2.75, 3.05) is 13.2 Å². The van der Waals surface area contributed by atoms with Crippen molar-refractivity contribution in [3.05, 3.63) is 64.7 Å². The van der Waals surface area contributed by atoms with Gasteiger partial charge in [0.25, 0.3) is 0 Å². The molecule has 0 saturated carbocycles. The largest absolute Gasteiger partial charge is 0.482 e. The van der Waals surface area contributed by atoms with Crippen LogP contribution in [-0.4, -0.2) is 30.1 Å². The Kier molecular flexibility index (Phi) is 8.14. The summed E-state index contributed by atoms with van der Waals surface area (Å²) in [5.74, 6) is -0.206. The van der Waals surface area contributed by atoms with Crippen molar-refractivity contribution < 1.29 is 19.4 Å². The number of carbonyl (C=O) groups is 2. The summed E-state index contributed by atoms with van der Waals surface area (Å²) in [4.78, 5) is 22.5. The third-order valence-corrected chi connectivity index (χ3v) is 4.30. The quantitative estimate of drug-likeness (QED) is 0.649. The third kappa shape index (κ3) is 8.13. The topological polar surface area (TPSA) is 75.6 Å². The highest BCUT2D eigenvalue weighted by atomic mass is 35.5. The first-order valence-electron chi connectivity index (χ1n) is 8.87. The highest BCUT2D eigenvalue weighted by molar-refractivity contribution is 6.30. The lowest BCUT2D eigenvalue weighted by molar-refractivity contribution is -0.139. The van der Waals surface area contributed by atoms with E-state index in [0.717, 1.165) is 12.0 Å². The second kappa shape index (κ2) is 10.6. The SMILES string of the molecule is CC(CC(=O)NCCc1ccc(OCC(=O)O)cc1)Cc1ccc(Cl)cc1. The molecule has 1 unspecified atom stereocenters. The molecule has 0 aliphatic heterocycles. The van der Waals surface area contributed by atoms with E-state index in [1.54, 1.807) is 12.1 Å². The minimum atomic E-state index is -1.01. The average Bonchev–Trinajstić information content (AvgIpc) is 2.63. The van der Waals surface area contributed by atoms with Gasteiger partial charge in [0.2, 0.25) is 5.91 Å². The summed E-state index contributed by atoms with van der Waals surface area (Å²) in [6, 6.07) is 14.9. The summed E-state index contributed by atoms with van der Waals surface area (Å²) in [5, 5.41) is 12.2. The number of benzene rings is 2. The monoisotopic (exact) mass is 389 g/mol. The fourth-order valence-corrected chi connectivity index (χ4v) is 2.85. The normalized spacial score (nSPS) is 11.6. The lowest BCUT2D eigenvalue weighted by Gasteiger charge is -2.12. The Balaban J connectivity index is 1.67. The zero-order valence-electron chi connectivity index (χ0n) is 15.3. The molecule has 2 aromatic carbocycles. The lowest BCUT2D eigenvalue weighted by Crippen LogP contribution is -2.27. The summed E-state index contributed by atoms with van der Waals surface area (Å²) in [6.45, 7) is 2.26. The van der Waals surface area contributed by atoms with Crippen LogP contribution in [0.25, 0.3) is 0 Å². The number of nitrogens with one attached hydrogen (secondary N) is 1. The molecule has 0 radical (unpaired) electrons. The number of amides is 1. The van der Waals surface area contributed by atoms with Gasteiger partial charge < -0.3 is 15.2 Å². The van der Waals surface area contributed by atoms with E-state index < -0.39 is 5.97 Å². The molecule has 0 aromatic heterocycles. The number of rotatable bonds is 10. The van der Waals surface area contributed by atoms with Gasteiger partial charge in [-0.2, -0.15) is 0 Å². The average molecular weight is 390 g/mol. The molecule has 27 heavy (non-hydrogen) atoms. The van der Waals surface area contributed by atoms with Gasteiger partial charge in [-0.05, 0) is 54.2 Å². The fraction of sp³-hybridized carbons (Fsp3) is 0.333. The predicted molar refractivity (Wildman–Crippen MR) is 105 cm³/mol. The Bertz CT molecular complexity index is 744. The molecule has 0 aliphatic rings. The van der Waals surface area contributed by atoms with Crippen LogP contribution in [0.4, 0.5) is 0 Å². The maximum atomic E-state index is 12.1. The van der Waals surface area contributed by atoms with Crippen molar-refractivity contribution in [1.29, 1.82) is 0 Å². The number of aliphatic carboxylic acids is 1. The predicted octanol–water partition coefficient (Wildman–Crippen LogP) is 3.73. The van der Waals surface area contributed by atoms with Gasteiger partial charge >= 0.3 is 5.97 Å². The molecular formula is C21H24ClNO4. The van der Waals surface area contributed by atoms with Crippen LogP contribution in [0.1, 0.15) is 24.5 Å². The summed E-state index contributed by atoms with van der Waals surface area (Å²) in [7, 11) is 0. The van der Waals surface area contributed by atoms with E-state index in [2.05, 4.69) is 12.2 Å². The summed E-state index contributed by atoms with van der Waals surface area (Å²) >= 11 is 5.88. The maximum Gasteiger partial charge on any atom is 0.341 e. The summed E-state index contributed by atoms with van der Waals surface area (Å²) in [5.41, 5.74) is 2.22. The first kappa shape index (κ1) is 20.8. The molecule has 2 aromatic rings. The number of halogens is 1. The highest BCUT2D eigenvalue weighted by Gasteiger charge is 2.10. The van der Waals surface area contributed by atoms with Crippen LogP contribution in [0.2, 0.25) is 5.02 Å².